The summed E-state index contributed by atoms with van der Waals surface area (Å²) in [6, 6.07) is 40.1. The SMILES string of the molecule is In1c2cccc3c4sc5ccccc5c4n4c5c(ccc1c5c32)c1c2ccccc2n(-c2ccccc2)c14. The normalized spacial score (nSPS) is 12.7. The lowest BCUT2D eigenvalue weighted by Crippen LogP contribution is -1.97. The third-order valence-electron chi connectivity index (χ3n) is 8.48. The molecule has 0 aliphatic heterocycles. The van der Waals surface area contributed by atoms with Crippen LogP contribution in [0.1, 0.15) is 0 Å². The Bertz CT molecular complexity index is 2610. The molecule has 5 aromatic carbocycles. The first kappa shape index (κ1) is 20.8. The zero-order chi connectivity index (χ0) is 25.4. The van der Waals surface area contributed by atoms with Gasteiger partial charge in [-0.3, -0.25) is 11.7 Å². The lowest BCUT2D eigenvalue weighted by atomic mass is 10.1. The Morgan fingerprint density at radius 3 is 2.13 bits per heavy atom. The Balaban J connectivity index is 1.68. The van der Waals surface area contributed by atoms with Crippen LogP contribution in [0, 0.1) is 0 Å². The largest absolute Gasteiger partial charge is 0.295 e. The topological polar surface area (TPSA) is 14.3 Å². The molecule has 0 N–H and O–H groups in total. The van der Waals surface area contributed by atoms with Crippen molar-refractivity contribution in [3.8, 4) is 5.69 Å². The number of hydrogen-bond donors (Lipinski definition) is 0. The van der Waals surface area contributed by atoms with Gasteiger partial charge in [0.15, 0.2) is 0 Å². The van der Waals surface area contributed by atoms with Crippen LogP contribution in [0.2, 0.25) is 0 Å². The number of halogens is 1. The fourth-order valence-electron chi connectivity index (χ4n) is 7.01. The quantitative estimate of drug-likeness (QED) is 0.161. The Labute approximate surface area is 239 Å². The van der Waals surface area contributed by atoms with Crippen LogP contribution in [-0.4, -0.2) is 11.7 Å². The van der Waals surface area contributed by atoms with Gasteiger partial charge in [-0.15, -0.1) is 11.3 Å². The monoisotopic (exact) mass is 627 g/mol. The molecule has 182 valence electrons. The number of aromatic nitrogens is 3. The van der Waals surface area contributed by atoms with Crippen LogP contribution in [0.3, 0.4) is 0 Å². The molecule has 3 nitrogen and oxygen atoms in total. The van der Waals surface area contributed by atoms with Crippen molar-refractivity contribution in [2.45, 2.75) is 0 Å². The molecule has 0 aliphatic carbocycles. The number of thiophene rings is 1. The second kappa shape index (κ2) is 7.11. The van der Waals surface area contributed by atoms with Gasteiger partial charge >= 0.3 is 0 Å². The van der Waals surface area contributed by atoms with Crippen molar-refractivity contribution >= 4 is 115 Å². The van der Waals surface area contributed by atoms with E-state index in [0.29, 0.717) is 0 Å². The second-order valence-corrected chi connectivity index (χ2v) is 12.4. The van der Waals surface area contributed by atoms with Crippen molar-refractivity contribution in [3.63, 3.8) is 0 Å². The average Bonchev–Trinajstić information content (AvgIpc) is 3.68. The molecule has 0 spiro atoms. The van der Waals surface area contributed by atoms with Crippen molar-refractivity contribution < 1.29 is 0 Å². The van der Waals surface area contributed by atoms with Gasteiger partial charge in [-0.1, -0.05) is 66.7 Å². The first-order valence-electron chi connectivity index (χ1n) is 13.1. The van der Waals surface area contributed by atoms with E-state index in [4.69, 9.17) is 0 Å². The minimum atomic E-state index is 1.18. The maximum atomic E-state index is 2.60. The third-order valence-corrected chi connectivity index (χ3v) is 10.7. The highest BCUT2D eigenvalue weighted by molar-refractivity contribution is 14.1. The summed E-state index contributed by atoms with van der Waals surface area (Å²) in [4.78, 5) is 0. The molecule has 5 aromatic heterocycles. The van der Waals surface area contributed by atoms with E-state index in [0.717, 1.165) is 0 Å². The Kier molecular flexibility index (Phi) is 3.80. The Morgan fingerprint density at radius 1 is 0.513 bits per heavy atom. The summed E-state index contributed by atoms with van der Waals surface area (Å²) in [6.45, 7) is 0. The van der Waals surface area contributed by atoms with E-state index in [9.17, 15) is 0 Å². The van der Waals surface area contributed by atoms with E-state index in [1.54, 1.807) is 0 Å². The summed E-state index contributed by atoms with van der Waals surface area (Å²) in [5.41, 5.74) is 8.79. The lowest BCUT2D eigenvalue weighted by Gasteiger charge is -2.09. The van der Waals surface area contributed by atoms with E-state index in [1.165, 1.54) is 86.0 Å². The molecular formula is C34H18IN3S. The predicted molar refractivity (Wildman–Crippen MR) is 176 cm³/mol. The summed E-state index contributed by atoms with van der Waals surface area (Å²) in [5, 5.41) is 9.26. The van der Waals surface area contributed by atoms with Crippen molar-refractivity contribution in [2.24, 2.45) is 0 Å². The average molecular weight is 628 g/mol. The molecule has 0 bridgehead atoms. The molecule has 0 atom stereocenters. The first-order chi connectivity index (χ1) is 19.3. The molecule has 0 radical (unpaired) electrons. The van der Waals surface area contributed by atoms with E-state index >= 15 is 0 Å². The molecule has 0 fully saturated rings. The van der Waals surface area contributed by atoms with Crippen molar-refractivity contribution in [2.75, 3.05) is 0 Å². The molecule has 10 aromatic rings. The fourth-order valence-corrected chi connectivity index (χ4v) is 9.04. The van der Waals surface area contributed by atoms with Crippen molar-refractivity contribution in [3.05, 3.63) is 109 Å². The van der Waals surface area contributed by atoms with Gasteiger partial charge in [0.1, 0.15) is 5.65 Å². The molecule has 0 unspecified atom stereocenters. The van der Waals surface area contributed by atoms with E-state index in [1.807, 2.05) is 11.3 Å². The highest BCUT2D eigenvalue weighted by Crippen LogP contribution is 2.49. The molecule has 0 saturated carbocycles. The number of hydrogen-bond acceptors (Lipinski definition) is 1. The maximum Gasteiger partial charge on any atom is 0.131 e. The standard InChI is InChI=1S/C34H18IN3S/c35-38-25-15-8-13-23-29(25)30-26(38)18-17-22-28-20-11-4-6-14-24(20)36(19-9-2-1-3-10-19)34(28)37(31(22)30)32-21-12-5-7-16-27(21)39-33(23)32/h1-18H. The van der Waals surface area contributed by atoms with Gasteiger partial charge in [0.25, 0.3) is 0 Å². The highest BCUT2D eigenvalue weighted by Gasteiger charge is 2.27. The minimum absolute atomic E-state index is 1.18. The van der Waals surface area contributed by atoms with Crippen LogP contribution in [0.25, 0.3) is 86.0 Å². The van der Waals surface area contributed by atoms with Crippen LogP contribution in [0.5, 0.6) is 0 Å². The van der Waals surface area contributed by atoms with Crippen LogP contribution in [-0.2, 0) is 0 Å². The number of para-hydroxylation sites is 2. The van der Waals surface area contributed by atoms with E-state index in [-0.39, 0.29) is 0 Å². The van der Waals surface area contributed by atoms with E-state index in [2.05, 4.69) is 144 Å². The van der Waals surface area contributed by atoms with Crippen molar-refractivity contribution in [1.29, 1.82) is 0 Å². The summed E-state index contributed by atoms with van der Waals surface area (Å²) >= 11 is 4.40. The van der Waals surface area contributed by atoms with Gasteiger partial charge in [0.05, 0.1) is 55.1 Å². The fraction of sp³-hybridized carbons (Fsp3) is 0. The number of rotatable bonds is 1. The van der Waals surface area contributed by atoms with Gasteiger partial charge in [0, 0.05) is 48.1 Å². The molecular weight excluding hydrogens is 609 g/mol. The van der Waals surface area contributed by atoms with E-state index < -0.39 is 0 Å². The number of benzene rings is 5. The number of nitrogens with zero attached hydrogens (tertiary/aromatic N) is 3. The van der Waals surface area contributed by atoms with Gasteiger partial charge in [-0.25, -0.2) is 0 Å². The van der Waals surface area contributed by atoms with Crippen LogP contribution < -0.4 is 0 Å². The maximum absolute atomic E-state index is 2.60. The summed E-state index contributed by atoms with van der Waals surface area (Å²) < 4.78 is 10.1. The summed E-state index contributed by atoms with van der Waals surface area (Å²) in [5.74, 6) is 0. The second-order valence-electron chi connectivity index (χ2n) is 10.3. The van der Waals surface area contributed by atoms with Gasteiger partial charge in [0.2, 0.25) is 0 Å². The highest BCUT2D eigenvalue weighted by atomic mass is 127. The molecule has 0 saturated heterocycles. The van der Waals surface area contributed by atoms with Crippen LogP contribution in [0.15, 0.2) is 109 Å². The van der Waals surface area contributed by atoms with Gasteiger partial charge in [-0.05, 0) is 42.5 Å². The van der Waals surface area contributed by atoms with Gasteiger partial charge < -0.3 is 0 Å². The Hall–Kier alpha value is -4.07. The zero-order valence-corrected chi connectivity index (χ0v) is 23.5. The molecule has 0 aliphatic rings. The molecule has 5 heterocycles. The van der Waals surface area contributed by atoms with Crippen molar-refractivity contribution in [1.82, 2.24) is 11.7 Å². The number of fused-ring (bicyclic) bond motifs is 10. The molecule has 0 amide bonds. The molecule has 5 heteroatoms. The molecule has 39 heavy (non-hydrogen) atoms. The predicted octanol–water partition coefficient (Wildman–Crippen LogP) is 10.3. The smallest absolute Gasteiger partial charge is 0.131 e. The minimum Gasteiger partial charge on any atom is -0.295 e. The third kappa shape index (κ3) is 2.37. The Morgan fingerprint density at radius 2 is 1.23 bits per heavy atom. The van der Waals surface area contributed by atoms with Crippen LogP contribution in [0.4, 0.5) is 0 Å². The van der Waals surface area contributed by atoms with Crippen LogP contribution >= 0.6 is 34.2 Å². The summed E-state index contributed by atoms with van der Waals surface area (Å²) in [7, 11) is 0. The molecule has 10 rings (SSSR count). The summed E-state index contributed by atoms with van der Waals surface area (Å²) in [6.07, 6.45) is 0. The first-order valence-corrected chi connectivity index (χ1v) is 14.9. The van der Waals surface area contributed by atoms with Gasteiger partial charge in [-0.2, -0.15) is 0 Å². The zero-order valence-electron chi connectivity index (χ0n) is 20.5. The lowest BCUT2D eigenvalue weighted by molar-refractivity contribution is 1.12.